The van der Waals surface area contributed by atoms with E-state index in [1.165, 1.54) is 6.20 Å². The van der Waals surface area contributed by atoms with Gasteiger partial charge in [-0.2, -0.15) is 0 Å². The molecule has 1 aliphatic rings. The van der Waals surface area contributed by atoms with Gasteiger partial charge in [-0.15, -0.1) is 0 Å². The summed E-state index contributed by atoms with van der Waals surface area (Å²) in [4.78, 5) is 7.13. The predicted molar refractivity (Wildman–Crippen MR) is 106 cm³/mol. The van der Waals surface area contributed by atoms with Gasteiger partial charge < -0.3 is 9.64 Å². The molecule has 27 heavy (non-hydrogen) atoms. The van der Waals surface area contributed by atoms with E-state index in [0.29, 0.717) is 26.3 Å². The number of rotatable bonds is 4. The number of nitrogens with zero attached hydrogens (tertiary/aromatic N) is 2. The van der Waals surface area contributed by atoms with Gasteiger partial charge in [0.15, 0.2) is 0 Å². The molecule has 1 aliphatic heterocycles. The molecule has 0 atom stereocenters. The van der Waals surface area contributed by atoms with E-state index in [1.54, 1.807) is 24.3 Å². The van der Waals surface area contributed by atoms with Crippen molar-refractivity contribution in [3.8, 4) is 0 Å². The zero-order chi connectivity index (χ0) is 18.9. The Hall–Kier alpha value is -2.44. The first kappa shape index (κ1) is 17.9. The van der Waals surface area contributed by atoms with Crippen molar-refractivity contribution in [2.24, 2.45) is 0 Å². The molecule has 1 saturated heterocycles. The minimum atomic E-state index is -3.67. The van der Waals surface area contributed by atoms with Crippen LogP contribution in [0.25, 0.3) is 10.9 Å². The van der Waals surface area contributed by atoms with E-state index in [2.05, 4.69) is 22.9 Å². The minimum Gasteiger partial charge on any atom is -0.378 e. The highest BCUT2D eigenvalue weighted by Crippen LogP contribution is 2.36. The molecule has 0 spiro atoms. The van der Waals surface area contributed by atoms with Gasteiger partial charge in [-0.3, -0.25) is 4.98 Å². The zero-order valence-corrected chi connectivity index (χ0v) is 16.1. The van der Waals surface area contributed by atoms with Gasteiger partial charge in [-0.1, -0.05) is 31.2 Å². The summed E-state index contributed by atoms with van der Waals surface area (Å²) in [6.07, 6.45) is 2.38. The minimum absolute atomic E-state index is 0.261. The van der Waals surface area contributed by atoms with Gasteiger partial charge in [-0.25, -0.2) is 8.42 Å². The van der Waals surface area contributed by atoms with E-state index in [-0.39, 0.29) is 9.79 Å². The molecule has 3 aromatic rings. The molecule has 0 saturated carbocycles. The second-order valence-corrected chi connectivity index (χ2v) is 8.51. The predicted octanol–water partition coefficient (Wildman–Crippen LogP) is 3.47. The lowest BCUT2D eigenvalue weighted by Crippen LogP contribution is -2.37. The number of anilines is 1. The molecule has 0 unspecified atom stereocenters. The van der Waals surface area contributed by atoms with Crippen LogP contribution < -0.4 is 4.90 Å². The number of aryl methyl sites for hydroxylation is 1. The fourth-order valence-corrected chi connectivity index (χ4v) is 4.92. The van der Waals surface area contributed by atoms with Crippen molar-refractivity contribution >= 4 is 26.4 Å². The lowest BCUT2D eigenvalue weighted by molar-refractivity contribution is 0.122. The summed E-state index contributed by atoms with van der Waals surface area (Å²) in [6.45, 7) is 4.58. The van der Waals surface area contributed by atoms with Gasteiger partial charge in [0.1, 0.15) is 4.90 Å². The maximum Gasteiger partial charge on any atom is 0.210 e. The van der Waals surface area contributed by atoms with Gasteiger partial charge in [0.05, 0.1) is 29.3 Å². The third-order valence-electron chi connectivity index (χ3n) is 4.95. The normalized spacial score (nSPS) is 15.2. The summed E-state index contributed by atoms with van der Waals surface area (Å²) < 4.78 is 32.3. The van der Waals surface area contributed by atoms with Crippen LogP contribution in [0.4, 0.5) is 5.69 Å². The van der Waals surface area contributed by atoms with Gasteiger partial charge in [-0.05, 0) is 36.2 Å². The number of hydrogen-bond donors (Lipinski definition) is 0. The van der Waals surface area contributed by atoms with E-state index >= 15 is 0 Å². The van der Waals surface area contributed by atoms with Crippen LogP contribution in [0, 0.1) is 0 Å². The van der Waals surface area contributed by atoms with Crippen LogP contribution in [-0.2, 0) is 21.0 Å². The summed E-state index contributed by atoms with van der Waals surface area (Å²) in [7, 11) is -3.67. The number of benzene rings is 2. The van der Waals surface area contributed by atoms with E-state index in [9.17, 15) is 8.42 Å². The molecule has 6 heteroatoms. The first-order valence-corrected chi connectivity index (χ1v) is 10.6. The molecule has 2 heterocycles. The van der Waals surface area contributed by atoms with Crippen LogP contribution in [-0.4, -0.2) is 39.7 Å². The molecule has 5 nitrogen and oxygen atoms in total. The first-order chi connectivity index (χ1) is 13.1. The fraction of sp³-hybridized carbons (Fsp3) is 0.286. The number of fused-ring (bicyclic) bond motifs is 1. The molecule has 0 radical (unpaired) electrons. The van der Waals surface area contributed by atoms with Gasteiger partial charge in [0.25, 0.3) is 0 Å². The Morgan fingerprint density at radius 3 is 2.52 bits per heavy atom. The van der Waals surface area contributed by atoms with Crippen molar-refractivity contribution in [2.45, 2.75) is 23.1 Å². The summed E-state index contributed by atoms with van der Waals surface area (Å²) in [5.41, 5.74) is 2.70. The van der Waals surface area contributed by atoms with Crippen molar-refractivity contribution in [1.29, 1.82) is 0 Å². The first-order valence-electron chi connectivity index (χ1n) is 9.15. The number of hydrogen-bond acceptors (Lipinski definition) is 5. The van der Waals surface area contributed by atoms with E-state index < -0.39 is 9.84 Å². The van der Waals surface area contributed by atoms with E-state index in [1.807, 2.05) is 18.2 Å². The summed E-state index contributed by atoms with van der Waals surface area (Å²) >= 11 is 0. The van der Waals surface area contributed by atoms with Crippen molar-refractivity contribution in [3.05, 3.63) is 60.3 Å². The second-order valence-electron chi connectivity index (χ2n) is 6.59. The lowest BCUT2D eigenvalue weighted by Gasteiger charge is -2.31. The van der Waals surface area contributed by atoms with Gasteiger partial charge >= 0.3 is 0 Å². The van der Waals surface area contributed by atoms with Crippen molar-refractivity contribution in [1.82, 2.24) is 4.98 Å². The lowest BCUT2D eigenvalue weighted by atomic mass is 10.1. The Balaban J connectivity index is 1.99. The second kappa shape index (κ2) is 7.29. The Bertz CT molecular complexity index is 1060. The maximum atomic E-state index is 13.4. The molecule has 0 bridgehead atoms. The molecular formula is C21H22N2O3S. The van der Waals surface area contributed by atoms with E-state index in [4.69, 9.17) is 4.74 Å². The largest absolute Gasteiger partial charge is 0.378 e. The molecule has 1 aromatic heterocycles. The standard InChI is InChI=1S/C21H22N2O3S/c1-2-16-8-9-19-18(14-16)21(23-10-12-26-13-11-23)20(15-22-19)27(24,25)17-6-4-3-5-7-17/h3-9,14-15H,2,10-13H2,1H3. The molecule has 0 aliphatic carbocycles. The van der Waals surface area contributed by atoms with Crippen LogP contribution in [0.1, 0.15) is 12.5 Å². The Kier molecular flexibility index (Phi) is 4.85. The van der Waals surface area contributed by atoms with Crippen molar-refractivity contribution < 1.29 is 13.2 Å². The van der Waals surface area contributed by atoms with Crippen molar-refractivity contribution in [2.75, 3.05) is 31.2 Å². The Labute approximate surface area is 159 Å². The van der Waals surface area contributed by atoms with Crippen LogP contribution in [0.2, 0.25) is 0 Å². The molecule has 2 aromatic carbocycles. The van der Waals surface area contributed by atoms with E-state index in [0.717, 1.165) is 28.6 Å². The molecular weight excluding hydrogens is 360 g/mol. The number of morpholine rings is 1. The monoisotopic (exact) mass is 382 g/mol. The smallest absolute Gasteiger partial charge is 0.210 e. The number of sulfone groups is 1. The Morgan fingerprint density at radius 2 is 1.81 bits per heavy atom. The fourth-order valence-electron chi connectivity index (χ4n) is 3.46. The average molecular weight is 382 g/mol. The van der Waals surface area contributed by atoms with Crippen LogP contribution in [0.5, 0.6) is 0 Å². The number of pyridine rings is 1. The highest BCUT2D eigenvalue weighted by molar-refractivity contribution is 7.91. The Morgan fingerprint density at radius 1 is 1.07 bits per heavy atom. The van der Waals surface area contributed by atoms with Gasteiger partial charge in [0.2, 0.25) is 9.84 Å². The zero-order valence-electron chi connectivity index (χ0n) is 15.3. The summed E-state index contributed by atoms with van der Waals surface area (Å²) in [5, 5.41) is 0.883. The summed E-state index contributed by atoms with van der Waals surface area (Å²) in [6, 6.07) is 14.6. The SMILES string of the molecule is CCc1ccc2ncc(S(=O)(=O)c3ccccc3)c(N3CCOCC3)c2c1. The molecule has 0 N–H and O–H groups in total. The van der Waals surface area contributed by atoms with Crippen LogP contribution in [0.3, 0.4) is 0 Å². The third-order valence-corrected chi connectivity index (χ3v) is 6.72. The maximum absolute atomic E-state index is 13.4. The quantitative estimate of drug-likeness (QED) is 0.692. The van der Waals surface area contributed by atoms with Crippen LogP contribution in [0.15, 0.2) is 64.5 Å². The topological polar surface area (TPSA) is 59.5 Å². The highest BCUT2D eigenvalue weighted by atomic mass is 32.2. The highest BCUT2D eigenvalue weighted by Gasteiger charge is 2.27. The van der Waals surface area contributed by atoms with Crippen molar-refractivity contribution in [3.63, 3.8) is 0 Å². The number of ether oxygens (including phenoxy) is 1. The van der Waals surface area contributed by atoms with Gasteiger partial charge in [0, 0.05) is 24.7 Å². The third kappa shape index (κ3) is 3.31. The molecule has 1 fully saturated rings. The van der Waals surface area contributed by atoms with Crippen LogP contribution >= 0.6 is 0 Å². The summed E-state index contributed by atoms with van der Waals surface area (Å²) in [5.74, 6) is 0. The molecule has 0 amide bonds. The molecule has 4 rings (SSSR count). The average Bonchev–Trinajstić information content (AvgIpc) is 2.73. The molecule has 140 valence electrons. The number of aromatic nitrogens is 1.